The Morgan fingerprint density at radius 1 is 1.38 bits per heavy atom. The molecule has 0 radical (unpaired) electrons. The average molecular weight is 285 g/mol. The minimum Gasteiger partial charge on any atom is -0.493 e. The first kappa shape index (κ1) is 13.5. The van der Waals surface area contributed by atoms with Crippen molar-refractivity contribution < 1.29 is 9.15 Å². The van der Waals surface area contributed by atoms with Gasteiger partial charge in [0.15, 0.2) is 5.96 Å². The van der Waals surface area contributed by atoms with Crippen molar-refractivity contribution in [3.63, 3.8) is 0 Å². The highest BCUT2D eigenvalue weighted by Gasteiger charge is 2.21. The van der Waals surface area contributed by atoms with E-state index in [4.69, 9.17) is 14.9 Å². The van der Waals surface area contributed by atoms with Gasteiger partial charge in [0.25, 0.3) is 0 Å². The monoisotopic (exact) mass is 285 g/mol. The number of hydrogen-bond acceptors (Lipinski definition) is 3. The SMILES string of the molecule is Cc1ccoc1CN=C(N)NC1CCOc2ccccc21. The summed E-state index contributed by atoms with van der Waals surface area (Å²) in [5, 5.41) is 3.26. The summed E-state index contributed by atoms with van der Waals surface area (Å²) in [6, 6.07) is 10.1. The van der Waals surface area contributed by atoms with E-state index in [1.807, 2.05) is 31.2 Å². The molecule has 0 saturated heterocycles. The van der Waals surface area contributed by atoms with Gasteiger partial charge >= 0.3 is 0 Å². The van der Waals surface area contributed by atoms with Crippen molar-refractivity contribution in [1.82, 2.24) is 5.32 Å². The Hall–Kier alpha value is -2.43. The lowest BCUT2D eigenvalue weighted by atomic mass is 10.0. The molecule has 0 bridgehead atoms. The molecule has 2 heterocycles. The van der Waals surface area contributed by atoms with Gasteiger partial charge in [0.1, 0.15) is 18.1 Å². The van der Waals surface area contributed by atoms with Crippen LogP contribution in [0.15, 0.2) is 46.0 Å². The van der Waals surface area contributed by atoms with E-state index in [1.165, 1.54) is 0 Å². The molecule has 1 aromatic heterocycles. The van der Waals surface area contributed by atoms with Crippen LogP contribution in [0.4, 0.5) is 0 Å². The second kappa shape index (κ2) is 5.91. The number of aliphatic imine (C=N–C) groups is 1. The zero-order valence-electron chi connectivity index (χ0n) is 12.0. The highest BCUT2D eigenvalue weighted by atomic mass is 16.5. The number of guanidine groups is 1. The summed E-state index contributed by atoms with van der Waals surface area (Å²) in [7, 11) is 0. The molecule has 1 aliphatic rings. The summed E-state index contributed by atoms with van der Waals surface area (Å²) in [6.07, 6.45) is 2.53. The number of nitrogens with two attached hydrogens (primary N) is 1. The van der Waals surface area contributed by atoms with Gasteiger partial charge in [0, 0.05) is 12.0 Å². The maximum Gasteiger partial charge on any atom is 0.189 e. The third-order valence-corrected chi connectivity index (χ3v) is 3.64. The number of rotatable bonds is 3. The summed E-state index contributed by atoms with van der Waals surface area (Å²) < 4.78 is 11.0. The number of aryl methyl sites for hydroxylation is 1. The molecule has 0 saturated carbocycles. The highest BCUT2D eigenvalue weighted by Crippen LogP contribution is 2.31. The Bertz CT molecular complexity index is 648. The van der Waals surface area contributed by atoms with Gasteiger partial charge in [0.2, 0.25) is 0 Å². The molecule has 21 heavy (non-hydrogen) atoms. The van der Waals surface area contributed by atoms with Gasteiger partial charge in [-0.05, 0) is 24.6 Å². The van der Waals surface area contributed by atoms with E-state index in [0.29, 0.717) is 19.1 Å². The van der Waals surface area contributed by atoms with Crippen LogP contribution in [0.1, 0.15) is 29.3 Å². The minimum absolute atomic E-state index is 0.136. The maximum atomic E-state index is 5.98. The van der Waals surface area contributed by atoms with Crippen LogP contribution in [0.5, 0.6) is 5.75 Å². The normalized spacial score (nSPS) is 18.0. The number of hydrogen-bond donors (Lipinski definition) is 2. The summed E-state index contributed by atoms with van der Waals surface area (Å²) in [5.74, 6) is 2.18. The Labute approximate surface area is 123 Å². The molecule has 3 N–H and O–H groups in total. The van der Waals surface area contributed by atoms with E-state index in [-0.39, 0.29) is 6.04 Å². The maximum absolute atomic E-state index is 5.98. The highest BCUT2D eigenvalue weighted by molar-refractivity contribution is 5.78. The third-order valence-electron chi connectivity index (χ3n) is 3.64. The zero-order valence-corrected chi connectivity index (χ0v) is 12.0. The smallest absolute Gasteiger partial charge is 0.189 e. The van der Waals surface area contributed by atoms with Gasteiger partial charge in [-0.3, -0.25) is 0 Å². The largest absolute Gasteiger partial charge is 0.493 e. The lowest BCUT2D eigenvalue weighted by Gasteiger charge is -2.26. The Kier molecular flexibility index (Phi) is 3.81. The van der Waals surface area contributed by atoms with Crippen molar-refractivity contribution >= 4 is 5.96 Å². The van der Waals surface area contributed by atoms with Gasteiger partial charge in [-0.25, -0.2) is 4.99 Å². The second-order valence-electron chi connectivity index (χ2n) is 5.10. The molecule has 3 rings (SSSR count). The molecule has 0 amide bonds. The van der Waals surface area contributed by atoms with Crippen molar-refractivity contribution in [2.75, 3.05) is 6.61 Å². The van der Waals surface area contributed by atoms with Gasteiger partial charge in [-0.1, -0.05) is 18.2 Å². The predicted octanol–water partition coefficient (Wildman–Crippen LogP) is 2.52. The lowest BCUT2D eigenvalue weighted by Crippen LogP contribution is -2.37. The van der Waals surface area contributed by atoms with Crippen LogP contribution in [-0.2, 0) is 6.54 Å². The van der Waals surface area contributed by atoms with Gasteiger partial charge in [0.05, 0.1) is 18.9 Å². The molecule has 2 aromatic rings. The number of nitrogens with one attached hydrogen (secondary N) is 1. The first-order chi connectivity index (χ1) is 10.2. The van der Waals surface area contributed by atoms with Crippen LogP contribution in [-0.4, -0.2) is 12.6 Å². The topological polar surface area (TPSA) is 72.8 Å². The van der Waals surface area contributed by atoms with Crippen LogP contribution < -0.4 is 15.8 Å². The van der Waals surface area contributed by atoms with E-state index in [0.717, 1.165) is 29.1 Å². The summed E-state index contributed by atoms with van der Waals surface area (Å²) >= 11 is 0. The number of benzene rings is 1. The van der Waals surface area contributed by atoms with E-state index in [1.54, 1.807) is 6.26 Å². The molecular weight excluding hydrogens is 266 g/mol. The fourth-order valence-electron chi connectivity index (χ4n) is 2.44. The molecule has 0 spiro atoms. The van der Waals surface area contributed by atoms with Crippen molar-refractivity contribution in [1.29, 1.82) is 0 Å². The molecule has 0 aliphatic carbocycles. The van der Waals surface area contributed by atoms with E-state index >= 15 is 0 Å². The zero-order chi connectivity index (χ0) is 14.7. The molecule has 1 aromatic carbocycles. The standard InChI is InChI=1S/C16H19N3O2/c1-11-6-8-21-15(11)10-18-16(17)19-13-7-9-20-14-5-3-2-4-12(13)14/h2-6,8,13H,7,9-10H2,1H3,(H3,17,18,19). The number of nitrogens with zero attached hydrogens (tertiary/aromatic N) is 1. The number of fused-ring (bicyclic) bond motifs is 1. The molecule has 5 nitrogen and oxygen atoms in total. The Morgan fingerprint density at radius 3 is 3.05 bits per heavy atom. The molecular formula is C16H19N3O2. The van der Waals surface area contributed by atoms with E-state index in [2.05, 4.69) is 16.4 Å². The van der Waals surface area contributed by atoms with Gasteiger partial charge in [-0.2, -0.15) is 0 Å². The van der Waals surface area contributed by atoms with Crippen LogP contribution in [0, 0.1) is 6.92 Å². The lowest BCUT2D eigenvalue weighted by molar-refractivity contribution is 0.262. The molecule has 1 atom stereocenters. The first-order valence-corrected chi connectivity index (χ1v) is 7.05. The fourth-order valence-corrected chi connectivity index (χ4v) is 2.44. The number of para-hydroxylation sites is 1. The Morgan fingerprint density at radius 2 is 2.24 bits per heavy atom. The summed E-state index contributed by atoms with van der Waals surface area (Å²) in [5.41, 5.74) is 8.19. The van der Waals surface area contributed by atoms with Crippen molar-refractivity contribution in [2.45, 2.75) is 25.9 Å². The average Bonchev–Trinajstić information content (AvgIpc) is 2.91. The van der Waals surface area contributed by atoms with Crippen molar-refractivity contribution in [2.24, 2.45) is 10.7 Å². The van der Waals surface area contributed by atoms with Gasteiger partial charge < -0.3 is 20.2 Å². The molecule has 110 valence electrons. The van der Waals surface area contributed by atoms with Crippen LogP contribution in [0.3, 0.4) is 0 Å². The van der Waals surface area contributed by atoms with Crippen LogP contribution in [0.2, 0.25) is 0 Å². The quantitative estimate of drug-likeness (QED) is 0.671. The number of furan rings is 1. The van der Waals surface area contributed by atoms with Crippen molar-refractivity contribution in [3.05, 3.63) is 53.5 Å². The third kappa shape index (κ3) is 3.02. The van der Waals surface area contributed by atoms with E-state index < -0.39 is 0 Å². The molecule has 1 unspecified atom stereocenters. The molecule has 1 aliphatic heterocycles. The van der Waals surface area contributed by atoms with Gasteiger partial charge in [-0.15, -0.1) is 0 Å². The minimum atomic E-state index is 0.136. The molecule has 5 heteroatoms. The molecule has 0 fully saturated rings. The summed E-state index contributed by atoms with van der Waals surface area (Å²) in [4.78, 5) is 4.34. The van der Waals surface area contributed by atoms with Crippen molar-refractivity contribution in [3.8, 4) is 5.75 Å². The fraction of sp³-hybridized carbons (Fsp3) is 0.312. The Balaban J connectivity index is 1.68. The predicted molar refractivity (Wildman–Crippen MR) is 81.2 cm³/mol. The summed E-state index contributed by atoms with van der Waals surface area (Å²) in [6.45, 7) is 3.12. The van der Waals surface area contributed by atoms with Crippen LogP contribution >= 0.6 is 0 Å². The van der Waals surface area contributed by atoms with Crippen LogP contribution in [0.25, 0.3) is 0 Å². The number of ether oxygens (including phenoxy) is 1. The van der Waals surface area contributed by atoms with E-state index in [9.17, 15) is 0 Å². The second-order valence-corrected chi connectivity index (χ2v) is 5.10. The first-order valence-electron chi connectivity index (χ1n) is 7.05.